The number of esters is 6. The van der Waals surface area contributed by atoms with Crippen molar-refractivity contribution in [2.75, 3.05) is 14.2 Å². The molecule has 0 N–H and O–H groups in total. The highest BCUT2D eigenvalue weighted by Gasteiger charge is 2.62. The largest absolute Gasteiger partial charge is 0.452 e. The Labute approximate surface area is 401 Å². The van der Waals surface area contributed by atoms with Gasteiger partial charge >= 0.3 is 35.8 Å². The van der Waals surface area contributed by atoms with E-state index in [0.29, 0.717) is 0 Å². The molecule has 0 aromatic heterocycles. The molecule has 0 unspecified atom stereocenters. The van der Waals surface area contributed by atoms with Gasteiger partial charge in [0.1, 0.15) is 12.2 Å². The number of rotatable bonds is 15. The van der Waals surface area contributed by atoms with Crippen LogP contribution in [-0.2, 0) is 47.4 Å². The first kappa shape index (κ1) is 48.4. The number of hydrogen-bond donors (Lipinski definition) is 0. The lowest BCUT2D eigenvalue weighted by molar-refractivity contribution is -0.349. The minimum atomic E-state index is -1.84. The summed E-state index contributed by atoms with van der Waals surface area (Å²) in [7, 11) is 2.46. The third-order valence-corrected chi connectivity index (χ3v) is 11.4. The first-order valence-electron chi connectivity index (χ1n) is 22.1. The lowest BCUT2D eigenvalue weighted by Crippen LogP contribution is -2.71. The van der Waals surface area contributed by atoms with E-state index in [1.165, 1.54) is 87.0 Å². The first-order chi connectivity index (χ1) is 34.1. The standard InChI is InChI=1S/C54H46O16/c1-61-53-45(67-51(59)37-29-17-7-18-30-37)43(65-49(57)35-25-13-5-14-26-35)39(63-47(55)33-21-9-3-10-22-33)41(69-53)42-40(64-48(56)34-23-11-4-12-24-34)44(66-50(58)36-27-15-6-16-28-36)46(54(62-2)70-42)68-52(60)38-31-19-8-20-32-38/h3-32,39-46,53-54H,1-2H3/t39-,40-,41-,42-,43+,44+,45+,46+,53-,54-/m1/s1. The molecular weight excluding hydrogens is 905 g/mol. The third kappa shape index (κ3) is 11.3. The van der Waals surface area contributed by atoms with Gasteiger partial charge in [0.15, 0.2) is 49.2 Å². The molecule has 0 spiro atoms. The van der Waals surface area contributed by atoms with Crippen LogP contribution in [0.5, 0.6) is 0 Å². The van der Waals surface area contributed by atoms with Gasteiger partial charge in [-0.05, 0) is 72.8 Å². The van der Waals surface area contributed by atoms with Gasteiger partial charge in [-0.25, -0.2) is 28.8 Å². The smallest absolute Gasteiger partial charge is 0.338 e. The van der Waals surface area contributed by atoms with Gasteiger partial charge in [0.25, 0.3) is 0 Å². The van der Waals surface area contributed by atoms with Crippen molar-refractivity contribution in [1.82, 2.24) is 0 Å². The van der Waals surface area contributed by atoms with Gasteiger partial charge in [-0.3, -0.25) is 0 Å². The van der Waals surface area contributed by atoms with E-state index >= 15 is 0 Å². The predicted molar refractivity (Wildman–Crippen MR) is 245 cm³/mol. The Kier molecular flexibility index (Phi) is 15.8. The molecular formula is C54H46O16. The summed E-state index contributed by atoms with van der Waals surface area (Å²) in [5, 5.41) is 0. The summed E-state index contributed by atoms with van der Waals surface area (Å²) >= 11 is 0. The molecule has 6 aromatic carbocycles. The van der Waals surface area contributed by atoms with Crippen LogP contribution >= 0.6 is 0 Å². The van der Waals surface area contributed by atoms with Crippen molar-refractivity contribution in [1.29, 1.82) is 0 Å². The van der Waals surface area contributed by atoms with Gasteiger partial charge < -0.3 is 47.4 Å². The van der Waals surface area contributed by atoms with Gasteiger partial charge in [-0.2, -0.15) is 0 Å². The van der Waals surface area contributed by atoms with Gasteiger partial charge in [0.2, 0.25) is 0 Å². The Morgan fingerprint density at radius 1 is 0.286 bits per heavy atom. The summed E-state index contributed by atoms with van der Waals surface area (Å²) < 4.78 is 62.2. The average molecular weight is 951 g/mol. The van der Waals surface area contributed by atoms with Gasteiger partial charge in [0.05, 0.1) is 33.4 Å². The highest BCUT2D eigenvalue weighted by atomic mass is 16.8. The lowest BCUT2D eigenvalue weighted by atomic mass is 9.87. The number of carbonyl (C=O) groups excluding carboxylic acids is 6. The van der Waals surface area contributed by atoms with Gasteiger partial charge in [-0.1, -0.05) is 109 Å². The van der Waals surface area contributed by atoms with Crippen LogP contribution in [-0.4, -0.2) is 111 Å². The van der Waals surface area contributed by atoms with Crippen LogP contribution in [0.15, 0.2) is 182 Å². The molecule has 6 aromatic rings. The predicted octanol–water partition coefficient (Wildman–Crippen LogP) is 7.08. The summed E-state index contributed by atoms with van der Waals surface area (Å²) in [4.78, 5) is 85.0. The number of ether oxygens (including phenoxy) is 10. The fourth-order valence-corrected chi connectivity index (χ4v) is 7.96. The van der Waals surface area contributed by atoms with Crippen LogP contribution in [0, 0.1) is 0 Å². The Morgan fingerprint density at radius 2 is 0.471 bits per heavy atom. The molecule has 2 aliphatic rings. The van der Waals surface area contributed by atoms with Crippen LogP contribution in [0.1, 0.15) is 62.1 Å². The van der Waals surface area contributed by atoms with E-state index < -0.39 is 97.2 Å². The zero-order chi connectivity index (χ0) is 49.0. The maximum atomic E-state index is 14.3. The zero-order valence-corrected chi connectivity index (χ0v) is 37.6. The summed E-state index contributed by atoms with van der Waals surface area (Å²) in [6.45, 7) is 0. The Bertz CT molecular complexity index is 2520. The number of carbonyl (C=O) groups is 6. The highest BCUT2D eigenvalue weighted by Crippen LogP contribution is 2.39. The molecule has 2 aliphatic heterocycles. The lowest BCUT2D eigenvalue weighted by Gasteiger charge is -2.51. The average Bonchev–Trinajstić information content (AvgIpc) is 3.41. The number of methoxy groups -OCH3 is 2. The minimum Gasteiger partial charge on any atom is -0.452 e. The molecule has 10 atom stereocenters. The summed E-state index contributed by atoms with van der Waals surface area (Å²) in [5.41, 5.74) is 0.455. The number of hydrogen-bond acceptors (Lipinski definition) is 16. The van der Waals surface area contributed by atoms with Crippen molar-refractivity contribution in [3.8, 4) is 0 Å². The molecule has 70 heavy (non-hydrogen) atoms. The van der Waals surface area contributed by atoms with Crippen molar-refractivity contribution < 1.29 is 76.1 Å². The Hall–Kier alpha value is -8.02. The molecule has 2 heterocycles. The van der Waals surface area contributed by atoms with Crippen molar-refractivity contribution in [2.24, 2.45) is 0 Å². The van der Waals surface area contributed by atoms with Crippen LogP contribution < -0.4 is 0 Å². The van der Waals surface area contributed by atoms with Crippen molar-refractivity contribution in [3.63, 3.8) is 0 Å². The third-order valence-electron chi connectivity index (χ3n) is 11.4. The molecule has 0 aliphatic carbocycles. The van der Waals surface area contributed by atoms with E-state index in [4.69, 9.17) is 47.4 Å². The molecule has 0 bridgehead atoms. The molecule has 8 rings (SSSR count). The summed E-state index contributed by atoms with van der Waals surface area (Å²) in [5.74, 6) is -5.55. The second-order valence-corrected chi connectivity index (χ2v) is 15.8. The maximum absolute atomic E-state index is 14.3. The quantitative estimate of drug-likeness (QED) is 0.0748. The van der Waals surface area contributed by atoms with Crippen LogP contribution in [0.25, 0.3) is 0 Å². The van der Waals surface area contributed by atoms with Crippen LogP contribution in [0.2, 0.25) is 0 Å². The first-order valence-corrected chi connectivity index (χ1v) is 22.1. The zero-order valence-electron chi connectivity index (χ0n) is 37.6. The topological polar surface area (TPSA) is 195 Å². The molecule has 16 heteroatoms. The minimum absolute atomic E-state index is 0.0509. The molecule has 16 nitrogen and oxygen atoms in total. The fourth-order valence-electron chi connectivity index (χ4n) is 7.96. The molecule has 358 valence electrons. The molecule has 2 fully saturated rings. The second kappa shape index (κ2) is 22.9. The van der Waals surface area contributed by atoms with Crippen molar-refractivity contribution in [2.45, 2.75) is 61.4 Å². The summed E-state index contributed by atoms with van der Waals surface area (Å²) in [6, 6.07) is 47.2. The van der Waals surface area contributed by atoms with E-state index in [9.17, 15) is 28.8 Å². The monoisotopic (exact) mass is 950 g/mol. The van der Waals surface area contributed by atoms with Crippen LogP contribution in [0.3, 0.4) is 0 Å². The Balaban J connectivity index is 1.29. The molecule has 2 saturated heterocycles. The molecule has 0 saturated carbocycles. The van der Waals surface area contributed by atoms with Gasteiger partial charge in [-0.15, -0.1) is 0 Å². The van der Waals surface area contributed by atoms with E-state index in [1.54, 1.807) is 109 Å². The van der Waals surface area contributed by atoms with Crippen LogP contribution in [0.4, 0.5) is 0 Å². The SMILES string of the molecule is CO[C@@H]1O[C@@H]([C@@H]2O[C@@H](OC)[C@@H](OC(=O)c3ccccc3)[C@@H](OC(=O)c3ccccc3)[C@@H]2OC(=O)c2ccccc2)[C@@H](OC(=O)c2ccccc2)[C@H](OC(=O)c2ccccc2)[C@@H]1OC(=O)c1ccccc1. The van der Waals surface area contributed by atoms with Crippen molar-refractivity contribution in [3.05, 3.63) is 215 Å². The summed E-state index contributed by atoms with van der Waals surface area (Å²) in [6.07, 6.45) is -17.4. The Morgan fingerprint density at radius 3 is 0.671 bits per heavy atom. The van der Waals surface area contributed by atoms with E-state index in [-0.39, 0.29) is 33.4 Å². The highest BCUT2D eigenvalue weighted by molar-refractivity contribution is 5.93. The molecule has 0 radical (unpaired) electrons. The second-order valence-electron chi connectivity index (χ2n) is 15.8. The number of benzene rings is 6. The van der Waals surface area contributed by atoms with Gasteiger partial charge in [0, 0.05) is 14.2 Å². The van der Waals surface area contributed by atoms with E-state index in [1.807, 2.05) is 0 Å². The van der Waals surface area contributed by atoms with E-state index in [0.717, 1.165) is 0 Å². The fraction of sp³-hybridized carbons (Fsp3) is 0.222. The molecule has 0 amide bonds. The van der Waals surface area contributed by atoms with Crippen molar-refractivity contribution >= 4 is 35.8 Å². The maximum Gasteiger partial charge on any atom is 0.338 e. The van der Waals surface area contributed by atoms with E-state index in [2.05, 4.69) is 0 Å². The normalized spacial score (nSPS) is 23.9.